The van der Waals surface area contributed by atoms with Gasteiger partial charge in [-0.15, -0.1) is 0 Å². The molecule has 1 aliphatic heterocycles. The molecular formula is C9H16BF4NO2. The summed E-state index contributed by atoms with van der Waals surface area (Å²) < 4.78 is 40.1. The Labute approximate surface area is 97.2 Å². The molecule has 0 aromatic heterocycles. The molecule has 0 aromatic carbocycles. The number of halogens is 4. The number of rotatable bonds is 0. The van der Waals surface area contributed by atoms with Crippen molar-refractivity contribution in [3.05, 3.63) is 4.91 Å². The third-order valence-electron chi connectivity index (χ3n) is 2.36. The van der Waals surface area contributed by atoms with Crippen molar-refractivity contribution in [1.29, 1.82) is 0 Å². The molecule has 0 amide bonds. The lowest BCUT2D eigenvalue weighted by Gasteiger charge is -2.30. The van der Waals surface area contributed by atoms with Crippen LogP contribution in [0.1, 0.15) is 40.5 Å². The van der Waals surface area contributed by atoms with Crippen LogP contribution in [-0.4, -0.2) is 28.9 Å². The quantitative estimate of drug-likeness (QED) is 0.380. The zero-order valence-electron chi connectivity index (χ0n) is 10.3. The first-order valence-corrected chi connectivity index (χ1v) is 5.12. The summed E-state index contributed by atoms with van der Waals surface area (Å²) in [7, 11) is -6.00. The molecule has 8 heteroatoms. The third kappa shape index (κ3) is 5.79. The smallest absolute Gasteiger partial charge is 0.418 e. The summed E-state index contributed by atoms with van der Waals surface area (Å²) in [5, 5.41) is 0. The van der Waals surface area contributed by atoms with Crippen LogP contribution >= 0.6 is 0 Å². The molecular weight excluding hydrogens is 241 g/mol. The topological polar surface area (TPSA) is 37.1 Å². The molecule has 0 saturated carbocycles. The fourth-order valence-corrected chi connectivity index (χ4v) is 1.99. The van der Waals surface area contributed by atoms with E-state index < -0.39 is 18.3 Å². The molecule has 0 radical (unpaired) electrons. The highest BCUT2D eigenvalue weighted by molar-refractivity contribution is 6.50. The van der Waals surface area contributed by atoms with Gasteiger partial charge in [-0.1, -0.05) is 0 Å². The van der Waals surface area contributed by atoms with Gasteiger partial charge in [-0.3, -0.25) is 4.79 Å². The van der Waals surface area contributed by atoms with Gasteiger partial charge in [0.1, 0.15) is 5.78 Å². The van der Waals surface area contributed by atoms with Crippen LogP contribution in [0, 0.1) is 4.91 Å². The highest BCUT2D eigenvalue weighted by Gasteiger charge is 2.53. The van der Waals surface area contributed by atoms with Gasteiger partial charge < -0.3 is 17.3 Å². The minimum atomic E-state index is -6.00. The highest BCUT2D eigenvalue weighted by atomic mass is 19.5. The Morgan fingerprint density at radius 3 is 1.47 bits per heavy atom. The molecule has 0 unspecified atom stereocenters. The van der Waals surface area contributed by atoms with Crippen LogP contribution in [0.3, 0.4) is 0 Å². The predicted molar refractivity (Wildman–Crippen MR) is 56.2 cm³/mol. The van der Waals surface area contributed by atoms with E-state index in [4.69, 9.17) is 0 Å². The second kappa shape index (κ2) is 4.74. The molecule has 100 valence electrons. The van der Waals surface area contributed by atoms with Crippen LogP contribution in [0.15, 0.2) is 0 Å². The van der Waals surface area contributed by atoms with Gasteiger partial charge in [0.25, 0.3) is 0 Å². The Morgan fingerprint density at radius 2 is 1.24 bits per heavy atom. The first-order valence-electron chi connectivity index (χ1n) is 5.12. The van der Waals surface area contributed by atoms with E-state index in [-0.39, 0.29) is 5.78 Å². The Morgan fingerprint density at radius 1 is 1.00 bits per heavy atom. The SMILES string of the molecule is CC1(C)CC(=O)CC(C)(C)[N+]1=O.F[B-](F)(F)F. The minimum absolute atomic E-state index is 0.192. The second-order valence-electron chi connectivity index (χ2n) is 5.31. The molecule has 1 heterocycles. The number of nitroso groups, excluding NO2 is 1. The van der Waals surface area contributed by atoms with E-state index >= 15 is 0 Å². The lowest BCUT2D eigenvalue weighted by atomic mass is 9.82. The zero-order chi connectivity index (χ0) is 14.1. The van der Waals surface area contributed by atoms with Crippen LogP contribution in [0.25, 0.3) is 0 Å². The zero-order valence-corrected chi connectivity index (χ0v) is 10.3. The Hall–Kier alpha value is -0.945. The molecule has 0 aromatic rings. The van der Waals surface area contributed by atoms with Crippen molar-refractivity contribution >= 4 is 13.0 Å². The Balaban J connectivity index is 0.000000437. The minimum Gasteiger partial charge on any atom is -0.418 e. The summed E-state index contributed by atoms with van der Waals surface area (Å²) >= 11 is 0. The summed E-state index contributed by atoms with van der Waals surface area (Å²) in [6.07, 6.45) is 0.750. The summed E-state index contributed by atoms with van der Waals surface area (Å²) in [5.41, 5.74) is -1.06. The maximum absolute atomic E-state index is 11.7. The second-order valence-corrected chi connectivity index (χ2v) is 5.31. The largest absolute Gasteiger partial charge is 0.673 e. The van der Waals surface area contributed by atoms with E-state index in [1.165, 1.54) is 0 Å². The van der Waals surface area contributed by atoms with E-state index in [9.17, 15) is 27.0 Å². The molecule has 0 atom stereocenters. The molecule has 1 fully saturated rings. The van der Waals surface area contributed by atoms with Crippen molar-refractivity contribution < 1.29 is 26.8 Å². The van der Waals surface area contributed by atoms with E-state index in [1.807, 2.05) is 27.7 Å². The van der Waals surface area contributed by atoms with Gasteiger partial charge in [-0.2, -0.15) is 0 Å². The molecule has 0 spiro atoms. The van der Waals surface area contributed by atoms with E-state index in [2.05, 4.69) is 0 Å². The van der Waals surface area contributed by atoms with Crippen molar-refractivity contribution in [3.8, 4) is 0 Å². The molecule has 0 bridgehead atoms. The average molecular weight is 257 g/mol. The lowest BCUT2D eigenvalue weighted by molar-refractivity contribution is -0.685. The van der Waals surface area contributed by atoms with Crippen molar-refractivity contribution in [1.82, 2.24) is 0 Å². The first-order chi connectivity index (χ1) is 7.26. The number of Topliss-reactive ketones (excluding diaryl/α,β-unsaturated/α-hetero) is 1. The third-order valence-corrected chi connectivity index (χ3v) is 2.36. The number of hydrogen-bond donors (Lipinski definition) is 0. The number of piperidine rings is 1. The van der Waals surface area contributed by atoms with E-state index in [0.29, 0.717) is 12.8 Å². The van der Waals surface area contributed by atoms with Gasteiger partial charge in [0.15, 0.2) is 0 Å². The number of ketones is 1. The molecule has 17 heavy (non-hydrogen) atoms. The Kier molecular flexibility index (Phi) is 4.47. The lowest BCUT2D eigenvalue weighted by Crippen LogP contribution is -2.53. The van der Waals surface area contributed by atoms with Gasteiger partial charge in [0, 0.05) is 37.4 Å². The maximum Gasteiger partial charge on any atom is 0.673 e. The van der Waals surface area contributed by atoms with Gasteiger partial charge in [-0.05, 0) is 0 Å². The molecule has 1 aliphatic rings. The van der Waals surface area contributed by atoms with Gasteiger partial charge in [0.05, 0.1) is 12.8 Å². The summed E-state index contributed by atoms with van der Waals surface area (Å²) in [6, 6.07) is 0. The van der Waals surface area contributed by atoms with Crippen LogP contribution < -0.4 is 0 Å². The normalized spacial score (nSPS) is 22.8. The van der Waals surface area contributed by atoms with Gasteiger partial charge in [-0.25, -0.2) is 0 Å². The van der Waals surface area contributed by atoms with Crippen LogP contribution in [0.2, 0.25) is 0 Å². The van der Waals surface area contributed by atoms with Crippen LogP contribution in [-0.2, 0) is 4.79 Å². The van der Waals surface area contributed by atoms with Gasteiger partial charge in [0.2, 0.25) is 11.1 Å². The van der Waals surface area contributed by atoms with Gasteiger partial charge >= 0.3 is 7.25 Å². The monoisotopic (exact) mass is 257 g/mol. The number of hydrogen-bond acceptors (Lipinski definition) is 2. The standard InChI is InChI=1S/C9H16NO2.BF4/c1-8(2)5-7(11)6-9(3,4)10(8)12;2-1(3,4)5/h5-6H2,1-4H3;/q+1;-1. The number of carbonyl (C=O) groups is 1. The molecule has 0 N–H and O–H groups in total. The summed E-state index contributed by atoms with van der Waals surface area (Å²) in [5.74, 6) is 0.192. The predicted octanol–water partition coefficient (Wildman–Crippen LogP) is 2.99. The number of nitrogens with zero attached hydrogens (tertiary/aromatic N) is 1. The highest BCUT2D eigenvalue weighted by Crippen LogP contribution is 2.31. The molecule has 1 rings (SSSR count). The van der Waals surface area contributed by atoms with E-state index in [0.717, 1.165) is 4.76 Å². The fraction of sp³-hybridized carbons (Fsp3) is 0.889. The molecule has 1 saturated heterocycles. The fourth-order valence-electron chi connectivity index (χ4n) is 1.99. The first kappa shape index (κ1) is 16.1. The molecule has 0 aliphatic carbocycles. The summed E-state index contributed by atoms with van der Waals surface area (Å²) in [6.45, 7) is 7.27. The number of carbonyl (C=O) groups excluding carboxylic acids is 1. The van der Waals surface area contributed by atoms with Crippen molar-refractivity contribution in [2.45, 2.75) is 51.6 Å². The van der Waals surface area contributed by atoms with Crippen molar-refractivity contribution in [2.24, 2.45) is 0 Å². The molecule has 3 nitrogen and oxygen atoms in total. The van der Waals surface area contributed by atoms with Crippen LogP contribution in [0.5, 0.6) is 0 Å². The average Bonchev–Trinajstić information content (AvgIpc) is 1.94. The van der Waals surface area contributed by atoms with Crippen molar-refractivity contribution in [2.75, 3.05) is 0 Å². The summed E-state index contributed by atoms with van der Waals surface area (Å²) in [4.78, 5) is 23.0. The van der Waals surface area contributed by atoms with E-state index in [1.54, 1.807) is 0 Å². The maximum atomic E-state index is 11.7. The van der Waals surface area contributed by atoms with Crippen LogP contribution in [0.4, 0.5) is 17.3 Å². The van der Waals surface area contributed by atoms with Crippen molar-refractivity contribution in [3.63, 3.8) is 0 Å². The Bertz CT molecular complexity index is 297.